The summed E-state index contributed by atoms with van der Waals surface area (Å²) in [5.41, 5.74) is 1.28. The van der Waals surface area contributed by atoms with Crippen LogP contribution in [0, 0.1) is 0 Å². The van der Waals surface area contributed by atoms with Gasteiger partial charge in [0.15, 0.2) is 0 Å². The first-order chi connectivity index (χ1) is 6.66. The highest BCUT2D eigenvalue weighted by Crippen LogP contribution is 2.37. The Hall–Kier alpha value is -0.250. The maximum Gasteiger partial charge on any atom is 0.134 e. The van der Waals surface area contributed by atoms with Crippen LogP contribution in [0.1, 0.15) is 17.7 Å². The SMILES string of the molecule is C[C@@H]1NC(=S)S[C@H]1c1ccc(Cl)cc1. The zero-order valence-corrected chi connectivity index (χ0v) is 10.0. The van der Waals surface area contributed by atoms with Crippen LogP contribution in [0.4, 0.5) is 0 Å². The highest BCUT2D eigenvalue weighted by molar-refractivity contribution is 8.23. The number of thiocarbonyl (C=S) groups is 1. The zero-order chi connectivity index (χ0) is 10.1. The standard InChI is InChI=1S/C10H10ClNS2/c1-6-9(14-10(13)12-6)7-2-4-8(11)5-3-7/h2-6,9H,1H3,(H,12,13)/t6-,9+/m0/s1. The van der Waals surface area contributed by atoms with Gasteiger partial charge in [0.2, 0.25) is 0 Å². The van der Waals surface area contributed by atoms with Crippen molar-refractivity contribution in [1.29, 1.82) is 0 Å². The van der Waals surface area contributed by atoms with E-state index in [1.807, 2.05) is 12.1 Å². The quantitative estimate of drug-likeness (QED) is 0.760. The lowest BCUT2D eigenvalue weighted by molar-refractivity contribution is 0.674. The lowest BCUT2D eigenvalue weighted by Crippen LogP contribution is -2.23. The molecule has 14 heavy (non-hydrogen) atoms. The van der Waals surface area contributed by atoms with Gasteiger partial charge in [0.05, 0.1) is 5.25 Å². The number of thioether (sulfide) groups is 1. The van der Waals surface area contributed by atoms with Crippen LogP contribution >= 0.6 is 35.6 Å². The van der Waals surface area contributed by atoms with Crippen molar-refractivity contribution in [3.8, 4) is 0 Å². The van der Waals surface area contributed by atoms with Gasteiger partial charge in [-0.2, -0.15) is 0 Å². The largest absolute Gasteiger partial charge is 0.367 e. The van der Waals surface area contributed by atoms with E-state index in [-0.39, 0.29) is 0 Å². The number of hydrogen-bond acceptors (Lipinski definition) is 2. The predicted octanol–water partition coefficient (Wildman–Crippen LogP) is 3.39. The fourth-order valence-corrected chi connectivity index (χ4v) is 3.19. The molecule has 2 rings (SSSR count). The van der Waals surface area contributed by atoms with E-state index in [0.717, 1.165) is 9.34 Å². The molecule has 1 N–H and O–H groups in total. The fraction of sp³-hybridized carbons (Fsp3) is 0.300. The third-order valence-electron chi connectivity index (χ3n) is 2.23. The van der Waals surface area contributed by atoms with E-state index in [9.17, 15) is 0 Å². The molecule has 2 atom stereocenters. The minimum absolute atomic E-state index is 0.397. The third-order valence-corrected chi connectivity index (χ3v) is 4.16. The summed E-state index contributed by atoms with van der Waals surface area (Å²) in [7, 11) is 0. The first kappa shape index (κ1) is 10.3. The van der Waals surface area contributed by atoms with Crippen molar-refractivity contribution in [2.45, 2.75) is 18.2 Å². The van der Waals surface area contributed by atoms with Crippen LogP contribution in [0.2, 0.25) is 5.02 Å². The maximum atomic E-state index is 5.84. The van der Waals surface area contributed by atoms with Gasteiger partial charge in [0.25, 0.3) is 0 Å². The number of rotatable bonds is 1. The Morgan fingerprint density at radius 2 is 2.00 bits per heavy atom. The number of halogens is 1. The van der Waals surface area contributed by atoms with Gasteiger partial charge in [-0.05, 0) is 24.6 Å². The van der Waals surface area contributed by atoms with E-state index < -0.39 is 0 Å². The Morgan fingerprint density at radius 1 is 1.36 bits per heavy atom. The molecule has 4 heteroatoms. The molecular formula is C10H10ClNS2. The van der Waals surface area contributed by atoms with Crippen LogP contribution in [0.25, 0.3) is 0 Å². The Balaban J connectivity index is 2.23. The summed E-state index contributed by atoms with van der Waals surface area (Å²) >= 11 is 12.7. The summed E-state index contributed by atoms with van der Waals surface area (Å²) < 4.78 is 0.887. The van der Waals surface area contributed by atoms with Gasteiger partial charge in [-0.15, -0.1) is 0 Å². The molecule has 0 saturated carbocycles. The molecule has 1 fully saturated rings. The highest BCUT2D eigenvalue weighted by atomic mass is 35.5. The average Bonchev–Trinajstić information content (AvgIpc) is 2.47. The molecule has 1 saturated heterocycles. The smallest absolute Gasteiger partial charge is 0.134 e. The predicted molar refractivity (Wildman–Crippen MR) is 67.0 cm³/mol. The Bertz CT molecular complexity index is 350. The van der Waals surface area contributed by atoms with Gasteiger partial charge in [0.1, 0.15) is 4.32 Å². The molecule has 0 aliphatic carbocycles. The van der Waals surface area contributed by atoms with Crippen molar-refractivity contribution >= 4 is 39.9 Å². The summed E-state index contributed by atoms with van der Waals surface area (Å²) in [6.45, 7) is 2.14. The van der Waals surface area contributed by atoms with Crippen LogP contribution in [0.5, 0.6) is 0 Å². The number of hydrogen-bond donors (Lipinski definition) is 1. The molecule has 1 aliphatic rings. The summed E-state index contributed by atoms with van der Waals surface area (Å²) in [5, 5.41) is 4.44. The van der Waals surface area contributed by atoms with Crippen molar-refractivity contribution in [1.82, 2.24) is 5.32 Å². The first-order valence-corrected chi connectivity index (χ1v) is 6.06. The van der Waals surface area contributed by atoms with Crippen molar-refractivity contribution in [2.24, 2.45) is 0 Å². The van der Waals surface area contributed by atoms with E-state index in [1.165, 1.54) is 5.56 Å². The number of nitrogens with one attached hydrogen (secondary N) is 1. The molecule has 1 heterocycles. The Labute approximate surface area is 98.2 Å². The van der Waals surface area contributed by atoms with Gasteiger partial charge in [-0.3, -0.25) is 0 Å². The molecule has 0 unspecified atom stereocenters. The summed E-state index contributed by atoms with van der Waals surface area (Å²) in [6, 6.07) is 8.36. The molecule has 1 aliphatic heterocycles. The van der Waals surface area contributed by atoms with Crippen LogP contribution in [0.15, 0.2) is 24.3 Å². The summed E-state index contributed by atoms with van der Waals surface area (Å²) in [5.74, 6) is 0. The van der Waals surface area contributed by atoms with Gasteiger partial charge < -0.3 is 5.32 Å². The molecule has 74 valence electrons. The summed E-state index contributed by atoms with van der Waals surface area (Å²) in [6.07, 6.45) is 0. The first-order valence-electron chi connectivity index (χ1n) is 4.39. The minimum Gasteiger partial charge on any atom is -0.367 e. The van der Waals surface area contributed by atoms with Crippen LogP contribution in [-0.4, -0.2) is 10.4 Å². The molecule has 0 bridgehead atoms. The lowest BCUT2D eigenvalue weighted by atomic mass is 10.1. The van der Waals surface area contributed by atoms with Crippen LogP contribution in [0.3, 0.4) is 0 Å². The molecule has 0 aromatic heterocycles. The van der Waals surface area contributed by atoms with E-state index in [2.05, 4.69) is 24.4 Å². The van der Waals surface area contributed by atoms with Crippen molar-refractivity contribution in [3.63, 3.8) is 0 Å². The van der Waals surface area contributed by atoms with Crippen LogP contribution < -0.4 is 5.32 Å². The topological polar surface area (TPSA) is 12.0 Å². The molecule has 0 radical (unpaired) electrons. The second kappa shape index (κ2) is 4.09. The molecule has 0 amide bonds. The maximum absolute atomic E-state index is 5.84. The van der Waals surface area contributed by atoms with Crippen LogP contribution in [-0.2, 0) is 0 Å². The molecule has 1 nitrogen and oxygen atoms in total. The van der Waals surface area contributed by atoms with E-state index in [0.29, 0.717) is 11.3 Å². The van der Waals surface area contributed by atoms with Crippen molar-refractivity contribution in [2.75, 3.05) is 0 Å². The van der Waals surface area contributed by atoms with E-state index in [4.69, 9.17) is 23.8 Å². The van der Waals surface area contributed by atoms with Gasteiger partial charge in [-0.25, -0.2) is 0 Å². The second-order valence-corrected chi connectivity index (χ2v) is 5.57. The number of benzene rings is 1. The van der Waals surface area contributed by atoms with Gasteiger partial charge in [-0.1, -0.05) is 47.7 Å². The zero-order valence-electron chi connectivity index (χ0n) is 7.66. The minimum atomic E-state index is 0.397. The third kappa shape index (κ3) is 2.05. The lowest BCUT2D eigenvalue weighted by Gasteiger charge is -2.13. The average molecular weight is 244 g/mol. The van der Waals surface area contributed by atoms with E-state index >= 15 is 0 Å². The van der Waals surface area contributed by atoms with Crippen molar-refractivity contribution < 1.29 is 0 Å². The normalized spacial score (nSPS) is 26.3. The van der Waals surface area contributed by atoms with E-state index in [1.54, 1.807) is 11.8 Å². The Morgan fingerprint density at radius 3 is 2.50 bits per heavy atom. The molecule has 1 aromatic rings. The molecule has 1 aromatic carbocycles. The Kier molecular flexibility index (Phi) is 3.00. The highest BCUT2D eigenvalue weighted by Gasteiger charge is 2.28. The molecule has 0 spiro atoms. The monoisotopic (exact) mass is 243 g/mol. The second-order valence-electron chi connectivity index (χ2n) is 3.31. The summed E-state index contributed by atoms with van der Waals surface area (Å²) in [4.78, 5) is 0. The van der Waals surface area contributed by atoms with Gasteiger partial charge in [0, 0.05) is 11.1 Å². The van der Waals surface area contributed by atoms with Gasteiger partial charge >= 0.3 is 0 Å². The molecular weight excluding hydrogens is 234 g/mol. The van der Waals surface area contributed by atoms with Crippen molar-refractivity contribution in [3.05, 3.63) is 34.9 Å². The fourth-order valence-electron chi connectivity index (χ4n) is 1.52.